The molecule has 0 radical (unpaired) electrons. The minimum atomic E-state index is -0.335. The molecule has 3 amide bonds. The normalized spacial score (nSPS) is 14.7. The molecule has 0 unspecified atom stereocenters. The fourth-order valence-electron chi connectivity index (χ4n) is 2.58. The van der Waals surface area contributed by atoms with Gasteiger partial charge in [0.1, 0.15) is 0 Å². The number of rotatable bonds is 3. The summed E-state index contributed by atoms with van der Waals surface area (Å²) in [6.07, 6.45) is 3.30. The maximum absolute atomic E-state index is 12.0. The topological polar surface area (TPSA) is 61.4 Å². The van der Waals surface area contributed by atoms with E-state index in [4.69, 9.17) is 0 Å². The van der Waals surface area contributed by atoms with Gasteiger partial charge in [-0.25, -0.2) is 4.79 Å². The molecule has 0 saturated carbocycles. The van der Waals surface area contributed by atoms with Crippen LogP contribution in [0.3, 0.4) is 0 Å². The zero-order valence-corrected chi connectivity index (χ0v) is 12.7. The van der Waals surface area contributed by atoms with E-state index in [1.807, 2.05) is 36.9 Å². The monoisotopic (exact) mass is 289 g/mol. The number of piperidine rings is 1. The van der Waals surface area contributed by atoms with Crippen molar-refractivity contribution in [3.63, 3.8) is 0 Å². The van der Waals surface area contributed by atoms with Gasteiger partial charge in [0.15, 0.2) is 0 Å². The van der Waals surface area contributed by atoms with Crippen LogP contribution in [0, 0.1) is 13.8 Å². The van der Waals surface area contributed by atoms with Crippen LogP contribution in [-0.2, 0) is 4.79 Å². The number of aryl methyl sites for hydroxylation is 2. The maximum atomic E-state index is 12.0. The molecule has 1 aromatic carbocycles. The molecule has 0 aliphatic carbocycles. The number of carbonyl (C=O) groups is 2. The van der Waals surface area contributed by atoms with Gasteiger partial charge in [-0.2, -0.15) is 0 Å². The number of amides is 3. The molecule has 1 aliphatic rings. The highest BCUT2D eigenvalue weighted by atomic mass is 16.2. The van der Waals surface area contributed by atoms with Crippen molar-refractivity contribution in [1.82, 2.24) is 10.2 Å². The predicted molar refractivity (Wildman–Crippen MR) is 83.4 cm³/mol. The summed E-state index contributed by atoms with van der Waals surface area (Å²) in [7, 11) is 0. The molecule has 0 atom stereocenters. The van der Waals surface area contributed by atoms with Gasteiger partial charge >= 0.3 is 6.03 Å². The Labute approximate surface area is 125 Å². The van der Waals surface area contributed by atoms with Crippen LogP contribution < -0.4 is 10.6 Å². The number of nitrogens with zero attached hydrogens (tertiary/aromatic N) is 1. The SMILES string of the molecule is Cc1cccc(C)c1NC(=O)NCC(=O)N1CCCCC1. The summed E-state index contributed by atoms with van der Waals surface area (Å²) in [5, 5.41) is 5.46. The van der Waals surface area contributed by atoms with Crippen LogP contribution in [0.25, 0.3) is 0 Å². The first kappa shape index (κ1) is 15.4. The van der Waals surface area contributed by atoms with E-state index in [9.17, 15) is 9.59 Å². The van der Waals surface area contributed by atoms with Crippen molar-refractivity contribution < 1.29 is 9.59 Å². The summed E-state index contributed by atoms with van der Waals surface area (Å²) in [6.45, 7) is 5.55. The lowest BCUT2D eigenvalue weighted by Gasteiger charge is -2.26. The molecule has 1 aromatic rings. The van der Waals surface area contributed by atoms with Crippen molar-refractivity contribution in [2.75, 3.05) is 25.0 Å². The lowest BCUT2D eigenvalue weighted by Crippen LogP contribution is -2.43. The van der Waals surface area contributed by atoms with Gasteiger partial charge < -0.3 is 15.5 Å². The van der Waals surface area contributed by atoms with Crippen LogP contribution in [0.15, 0.2) is 18.2 Å². The number of para-hydroxylation sites is 1. The van der Waals surface area contributed by atoms with Gasteiger partial charge in [-0.15, -0.1) is 0 Å². The Bertz CT molecular complexity index is 502. The van der Waals surface area contributed by atoms with Crippen molar-refractivity contribution >= 4 is 17.6 Å². The molecule has 21 heavy (non-hydrogen) atoms. The van der Waals surface area contributed by atoms with Gasteiger partial charge in [-0.3, -0.25) is 4.79 Å². The third kappa shape index (κ3) is 4.21. The minimum Gasteiger partial charge on any atom is -0.341 e. The van der Waals surface area contributed by atoms with Crippen LogP contribution in [0.4, 0.5) is 10.5 Å². The Morgan fingerprint density at radius 2 is 1.71 bits per heavy atom. The second kappa shape index (κ2) is 7.11. The number of benzene rings is 1. The van der Waals surface area contributed by atoms with Crippen molar-refractivity contribution in [3.8, 4) is 0 Å². The van der Waals surface area contributed by atoms with Gasteiger partial charge in [-0.1, -0.05) is 18.2 Å². The molecule has 2 rings (SSSR count). The van der Waals surface area contributed by atoms with Gasteiger partial charge in [-0.05, 0) is 44.2 Å². The summed E-state index contributed by atoms with van der Waals surface area (Å²) in [4.78, 5) is 25.7. The molecular formula is C16H23N3O2. The third-order valence-electron chi connectivity index (χ3n) is 3.83. The molecule has 2 N–H and O–H groups in total. The molecule has 1 heterocycles. The number of carbonyl (C=O) groups excluding carboxylic acids is 2. The highest BCUT2D eigenvalue weighted by Gasteiger charge is 2.17. The predicted octanol–water partition coefficient (Wildman–Crippen LogP) is 2.44. The van der Waals surface area contributed by atoms with Crippen LogP contribution in [0.2, 0.25) is 0 Å². The zero-order valence-electron chi connectivity index (χ0n) is 12.7. The van der Waals surface area contributed by atoms with E-state index in [0.717, 1.165) is 42.7 Å². The lowest BCUT2D eigenvalue weighted by molar-refractivity contribution is -0.130. The summed E-state index contributed by atoms with van der Waals surface area (Å²) >= 11 is 0. The Hall–Kier alpha value is -2.04. The quantitative estimate of drug-likeness (QED) is 0.898. The van der Waals surface area contributed by atoms with Gasteiger partial charge in [0.05, 0.1) is 6.54 Å². The van der Waals surface area contributed by atoms with E-state index in [1.54, 1.807) is 0 Å². The zero-order chi connectivity index (χ0) is 15.2. The number of hydrogen-bond acceptors (Lipinski definition) is 2. The largest absolute Gasteiger partial charge is 0.341 e. The van der Waals surface area contributed by atoms with E-state index >= 15 is 0 Å². The van der Waals surface area contributed by atoms with Crippen LogP contribution >= 0.6 is 0 Å². The molecule has 1 saturated heterocycles. The molecule has 5 heteroatoms. The van der Waals surface area contributed by atoms with Crippen LogP contribution in [-0.4, -0.2) is 36.5 Å². The molecule has 114 valence electrons. The highest BCUT2D eigenvalue weighted by Crippen LogP contribution is 2.19. The summed E-state index contributed by atoms with van der Waals surface area (Å²) in [6, 6.07) is 5.51. The second-order valence-corrected chi connectivity index (χ2v) is 5.52. The number of anilines is 1. The summed E-state index contributed by atoms with van der Waals surface area (Å²) in [5.41, 5.74) is 2.82. The highest BCUT2D eigenvalue weighted by molar-refractivity contribution is 5.93. The minimum absolute atomic E-state index is 0.00800. The Kier molecular flexibility index (Phi) is 5.20. The van der Waals surface area contributed by atoms with Crippen molar-refractivity contribution in [1.29, 1.82) is 0 Å². The number of urea groups is 1. The Morgan fingerprint density at radius 3 is 2.33 bits per heavy atom. The molecule has 0 bridgehead atoms. The maximum Gasteiger partial charge on any atom is 0.319 e. The third-order valence-corrected chi connectivity index (χ3v) is 3.83. The summed E-state index contributed by atoms with van der Waals surface area (Å²) < 4.78 is 0. The lowest BCUT2D eigenvalue weighted by atomic mass is 10.1. The number of nitrogens with one attached hydrogen (secondary N) is 2. The van der Waals surface area contributed by atoms with E-state index in [0.29, 0.717) is 0 Å². The first-order valence-electron chi connectivity index (χ1n) is 7.47. The fraction of sp³-hybridized carbons (Fsp3) is 0.500. The first-order chi connectivity index (χ1) is 10.1. The van der Waals surface area contributed by atoms with E-state index < -0.39 is 0 Å². The molecule has 5 nitrogen and oxygen atoms in total. The average Bonchev–Trinajstić information content (AvgIpc) is 2.49. The molecule has 1 fully saturated rings. The van der Waals surface area contributed by atoms with Crippen molar-refractivity contribution in [2.24, 2.45) is 0 Å². The van der Waals surface area contributed by atoms with Crippen LogP contribution in [0.5, 0.6) is 0 Å². The summed E-state index contributed by atoms with van der Waals surface area (Å²) in [5.74, 6) is -0.00800. The average molecular weight is 289 g/mol. The van der Waals surface area contributed by atoms with Crippen molar-refractivity contribution in [2.45, 2.75) is 33.1 Å². The van der Waals surface area contributed by atoms with E-state index in [1.165, 1.54) is 6.42 Å². The molecule has 0 spiro atoms. The van der Waals surface area contributed by atoms with E-state index in [2.05, 4.69) is 10.6 Å². The molecule has 1 aliphatic heterocycles. The number of hydrogen-bond donors (Lipinski definition) is 2. The first-order valence-corrected chi connectivity index (χ1v) is 7.47. The van der Waals surface area contributed by atoms with Crippen molar-refractivity contribution in [3.05, 3.63) is 29.3 Å². The Balaban J connectivity index is 1.83. The van der Waals surface area contributed by atoms with Gasteiger partial charge in [0.25, 0.3) is 0 Å². The fourth-order valence-corrected chi connectivity index (χ4v) is 2.58. The van der Waals surface area contributed by atoms with E-state index in [-0.39, 0.29) is 18.5 Å². The Morgan fingerprint density at radius 1 is 1.10 bits per heavy atom. The molecular weight excluding hydrogens is 266 g/mol. The van der Waals surface area contributed by atoms with Gasteiger partial charge in [0.2, 0.25) is 5.91 Å². The van der Waals surface area contributed by atoms with Crippen LogP contribution in [0.1, 0.15) is 30.4 Å². The van der Waals surface area contributed by atoms with Gasteiger partial charge in [0, 0.05) is 18.8 Å². The second-order valence-electron chi connectivity index (χ2n) is 5.52. The smallest absolute Gasteiger partial charge is 0.319 e. The number of likely N-dealkylation sites (tertiary alicyclic amines) is 1. The molecule has 0 aromatic heterocycles. The standard InChI is InChI=1S/C16H23N3O2/c1-12-7-6-8-13(2)15(12)18-16(21)17-11-14(20)19-9-4-3-5-10-19/h6-8H,3-5,9-11H2,1-2H3,(H2,17,18,21).